The molecule has 1 N–H and O–H groups in total. The lowest BCUT2D eigenvalue weighted by Crippen LogP contribution is -2.59. The average molecular weight is 557 g/mol. The number of nitrogens with zero attached hydrogens (tertiary/aromatic N) is 3. The number of nitrogens with one attached hydrogen (secondary N) is 1. The van der Waals surface area contributed by atoms with Gasteiger partial charge < -0.3 is 14.8 Å². The number of amidine groups is 1. The van der Waals surface area contributed by atoms with Crippen LogP contribution in [0.2, 0.25) is 0 Å². The number of aliphatic imine (C=N–C) groups is 1. The van der Waals surface area contributed by atoms with E-state index in [1.165, 1.54) is 33.1 Å². The van der Waals surface area contributed by atoms with E-state index in [2.05, 4.69) is 10.3 Å². The highest BCUT2D eigenvalue weighted by Crippen LogP contribution is 2.36. The Morgan fingerprint density at radius 3 is 2.46 bits per heavy atom. The van der Waals surface area contributed by atoms with Crippen molar-refractivity contribution in [2.45, 2.75) is 63.5 Å². The molecular weight excluding hydrogens is 524 g/mol. The summed E-state index contributed by atoms with van der Waals surface area (Å²) in [5.74, 6) is -1.57. The van der Waals surface area contributed by atoms with Gasteiger partial charge in [0.25, 0.3) is 21.8 Å². The number of ether oxygens (including phenoxy) is 2. The molecule has 2 heterocycles. The van der Waals surface area contributed by atoms with Crippen LogP contribution in [-0.4, -0.2) is 66.7 Å². The van der Waals surface area contributed by atoms with Crippen LogP contribution in [0.1, 0.15) is 46.1 Å². The maximum absolute atomic E-state index is 14.0. The second kappa shape index (κ2) is 10.7. The standard InChI is InChI=1S/C27H32N4O7S/c1-6-10-17-13-14-20(37-5)19(16-17)29-24(32)22(31-25(33)27(3,4)38-26(31)34)23-28-18-11-8-9-12-21(18)39(35,36)30(23)15-7-2/h8-9,11-14,16,22H,6-7,10,15H2,1-5H3,(H,29,32). The van der Waals surface area contributed by atoms with Crippen molar-refractivity contribution in [3.05, 3.63) is 48.0 Å². The fourth-order valence-electron chi connectivity index (χ4n) is 4.58. The van der Waals surface area contributed by atoms with Gasteiger partial charge in [0.1, 0.15) is 10.6 Å². The number of imide groups is 1. The fraction of sp³-hybridized carbons (Fsp3) is 0.407. The van der Waals surface area contributed by atoms with E-state index in [0.29, 0.717) is 22.8 Å². The van der Waals surface area contributed by atoms with Gasteiger partial charge in [0.05, 0.1) is 18.5 Å². The zero-order chi connectivity index (χ0) is 28.5. The summed E-state index contributed by atoms with van der Waals surface area (Å²) in [5, 5.41) is 2.75. The summed E-state index contributed by atoms with van der Waals surface area (Å²) in [6.45, 7) is 6.56. The molecule has 1 saturated heterocycles. The van der Waals surface area contributed by atoms with E-state index >= 15 is 0 Å². The number of benzene rings is 2. The third kappa shape index (κ3) is 5.08. The summed E-state index contributed by atoms with van der Waals surface area (Å²) in [6, 6.07) is 9.67. The first-order valence-electron chi connectivity index (χ1n) is 12.7. The van der Waals surface area contributed by atoms with Crippen LogP contribution in [0.4, 0.5) is 16.2 Å². The van der Waals surface area contributed by atoms with Gasteiger partial charge in [-0.1, -0.05) is 38.5 Å². The molecule has 2 aromatic carbocycles. The quantitative estimate of drug-likeness (QED) is 0.496. The van der Waals surface area contributed by atoms with Crippen LogP contribution in [-0.2, 0) is 30.8 Å². The largest absolute Gasteiger partial charge is 0.495 e. The molecular formula is C27H32N4O7S. The number of cyclic esters (lactones) is 1. The topological polar surface area (TPSA) is 135 Å². The highest BCUT2D eigenvalue weighted by atomic mass is 32.2. The lowest BCUT2D eigenvalue weighted by molar-refractivity contribution is -0.137. The van der Waals surface area contributed by atoms with E-state index < -0.39 is 39.6 Å². The van der Waals surface area contributed by atoms with Crippen LogP contribution in [0.5, 0.6) is 5.75 Å². The second-order valence-corrected chi connectivity index (χ2v) is 11.6. The SMILES string of the molecule is CCCc1ccc(OC)c(NC(=O)C(C2=Nc3ccccc3S(=O)(=O)N2CCC)N2C(=O)OC(C)(C)C2=O)c1. The maximum Gasteiger partial charge on any atom is 0.418 e. The van der Waals surface area contributed by atoms with Gasteiger partial charge in [-0.3, -0.25) is 13.9 Å². The van der Waals surface area contributed by atoms with Crippen molar-refractivity contribution >= 4 is 45.1 Å². The van der Waals surface area contributed by atoms with Gasteiger partial charge >= 0.3 is 6.09 Å². The molecule has 0 radical (unpaired) electrons. The van der Waals surface area contributed by atoms with Gasteiger partial charge in [-0.25, -0.2) is 23.1 Å². The molecule has 12 heteroatoms. The summed E-state index contributed by atoms with van der Waals surface area (Å²) >= 11 is 0. The Balaban J connectivity index is 1.90. The van der Waals surface area contributed by atoms with Crippen molar-refractivity contribution in [1.82, 2.24) is 9.21 Å². The van der Waals surface area contributed by atoms with Crippen molar-refractivity contribution in [3.8, 4) is 5.75 Å². The molecule has 1 fully saturated rings. The number of aryl methyl sites for hydroxylation is 1. The molecule has 0 aliphatic carbocycles. The van der Waals surface area contributed by atoms with E-state index in [1.54, 1.807) is 31.2 Å². The number of hydrogen-bond acceptors (Lipinski definition) is 8. The summed E-state index contributed by atoms with van der Waals surface area (Å²) in [4.78, 5) is 45.6. The molecule has 1 unspecified atom stereocenters. The Hall–Kier alpha value is -3.93. The van der Waals surface area contributed by atoms with Crippen molar-refractivity contribution in [2.24, 2.45) is 4.99 Å². The second-order valence-electron chi connectivity index (χ2n) is 9.74. The average Bonchev–Trinajstić information content (AvgIpc) is 3.08. The third-order valence-electron chi connectivity index (χ3n) is 6.44. The Morgan fingerprint density at radius 1 is 1.13 bits per heavy atom. The number of anilines is 1. The molecule has 0 spiro atoms. The lowest BCUT2D eigenvalue weighted by atomic mass is 10.1. The number of hydrogen-bond donors (Lipinski definition) is 1. The highest BCUT2D eigenvalue weighted by molar-refractivity contribution is 7.90. The van der Waals surface area contributed by atoms with Gasteiger partial charge in [0.2, 0.25) is 0 Å². The lowest BCUT2D eigenvalue weighted by Gasteiger charge is -2.35. The monoisotopic (exact) mass is 556 g/mol. The molecule has 0 bridgehead atoms. The Labute approximate surface area is 227 Å². The van der Waals surface area contributed by atoms with Crippen LogP contribution in [0, 0.1) is 0 Å². The molecule has 39 heavy (non-hydrogen) atoms. The molecule has 4 rings (SSSR count). The third-order valence-corrected chi connectivity index (χ3v) is 8.29. The van der Waals surface area contributed by atoms with Gasteiger partial charge in [0.15, 0.2) is 17.5 Å². The summed E-state index contributed by atoms with van der Waals surface area (Å²) in [7, 11) is -2.71. The van der Waals surface area contributed by atoms with Crippen LogP contribution in [0.15, 0.2) is 52.4 Å². The van der Waals surface area contributed by atoms with Gasteiger partial charge in [-0.05, 0) is 56.5 Å². The molecule has 2 aromatic rings. The Kier molecular flexibility index (Phi) is 7.69. The van der Waals surface area contributed by atoms with E-state index in [-0.39, 0.29) is 23.0 Å². The maximum atomic E-state index is 14.0. The minimum absolute atomic E-state index is 0.0327. The first-order valence-corrected chi connectivity index (χ1v) is 14.1. The van der Waals surface area contributed by atoms with Crippen molar-refractivity contribution in [2.75, 3.05) is 19.0 Å². The van der Waals surface area contributed by atoms with Crippen LogP contribution in [0.3, 0.4) is 0 Å². The number of carbonyl (C=O) groups is 3. The minimum Gasteiger partial charge on any atom is -0.495 e. The number of para-hydroxylation sites is 1. The summed E-state index contributed by atoms with van der Waals surface area (Å²) in [5.41, 5.74) is -0.225. The van der Waals surface area contributed by atoms with E-state index in [9.17, 15) is 22.8 Å². The fourth-order valence-corrected chi connectivity index (χ4v) is 6.25. The molecule has 1 atom stereocenters. The van der Waals surface area contributed by atoms with Gasteiger partial charge in [-0.2, -0.15) is 0 Å². The molecule has 2 aliphatic rings. The number of amides is 3. The highest BCUT2D eigenvalue weighted by Gasteiger charge is 2.55. The van der Waals surface area contributed by atoms with Crippen LogP contribution < -0.4 is 10.1 Å². The zero-order valence-electron chi connectivity index (χ0n) is 22.6. The smallest absolute Gasteiger partial charge is 0.418 e. The minimum atomic E-state index is -4.16. The molecule has 3 amide bonds. The number of rotatable bonds is 9. The summed E-state index contributed by atoms with van der Waals surface area (Å²) in [6.07, 6.45) is 0.914. The molecule has 2 aliphatic heterocycles. The molecule has 0 saturated carbocycles. The summed E-state index contributed by atoms with van der Waals surface area (Å²) < 4.78 is 39.0. The predicted octanol–water partition coefficient (Wildman–Crippen LogP) is 3.86. The van der Waals surface area contributed by atoms with E-state index in [0.717, 1.165) is 22.7 Å². The number of methoxy groups -OCH3 is 1. The molecule has 11 nitrogen and oxygen atoms in total. The van der Waals surface area contributed by atoms with Gasteiger partial charge in [-0.15, -0.1) is 0 Å². The van der Waals surface area contributed by atoms with Crippen LogP contribution in [0.25, 0.3) is 0 Å². The Morgan fingerprint density at radius 2 is 1.85 bits per heavy atom. The molecule has 0 aromatic heterocycles. The normalized spacial score (nSPS) is 18.2. The first kappa shape index (κ1) is 28.1. The first-order chi connectivity index (χ1) is 18.5. The van der Waals surface area contributed by atoms with E-state index in [4.69, 9.17) is 9.47 Å². The number of fused-ring (bicyclic) bond motifs is 1. The van der Waals surface area contributed by atoms with E-state index in [1.807, 2.05) is 13.0 Å². The van der Waals surface area contributed by atoms with Crippen LogP contribution >= 0.6 is 0 Å². The van der Waals surface area contributed by atoms with Crippen molar-refractivity contribution in [1.29, 1.82) is 0 Å². The number of carbonyl (C=O) groups excluding carboxylic acids is 3. The number of sulfonamides is 1. The Bertz CT molecular complexity index is 1450. The van der Waals surface area contributed by atoms with Crippen molar-refractivity contribution < 1.29 is 32.3 Å². The molecule has 208 valence electrons. The zero-order valence-corrected chi connectivity index (χ0v) is 23.4. The predicted molar refractivity (Wildman–Crippen MR) is 145 cm³/mol. The van der Waals surface area contributed by atoms with Crippen molar-refractivity contribution in [3.63, 3.8) is 0 Å². The van der Waals surface area contributed by atoms with Gasteiger partial charge in [0, 0.05) is 6.54 Å².